The Balaban J connectivity index is 0.935. The monoisotopic (exact) mass is 878 g/mol. The van der Waals surface area contributed by atoms with Gasteiger partial charge >= 0.3 is 0 Å². The van der Waals surface area contributed by atoms with Crippen LogP contribution in [0.25, 0.3) is 72.0 Å². The van der Waals surface area contributed by atoms with Gasteiger partial charge in [-0.25, -0.2) is 0 Å². The zero-order valence-electron chi connectivity index (χ0n) is 38.0. The second-order valence-corrected chi connectivity index (χ2v) is 18.1. The van der Waals surface area contributed by atoms with Crippen LogP contribution in [-0.2, 0) is 5.41 Å². The minimum absolute atomic E-state index is 0.483. The number of rotatable bonds is 9. The van der Waals surface area contributed by atoms with Crippen LogP contribution in [0, 0.1) is 0 Å². The molecule has 2 nitrogen and oxygen atoms in total. The maximum Gasteiger partial charge on any atom is 0.0714 e. The lowest BCUT2D eigenvalue weighted by Gasteiger charge is -2.34. The summed E-state index contributed by atoms with van der Waals surface area (Å²) in [6, 6.07) is 102. The summed E-state index contributed by atoms with van der Waals surface area (Å²) in [7, 11) is 0. The molecule has 0 unspecified atom stereocenters. The zero-order chi connectivity index (χ0) is 45.7. The zero-order valence-corrected chi connectivity index (χ0v) is 38.0. The number of nitrogens with zero attached hydrogens (tertiary/aromatic N) is 2. The number of hydrogen-bond acceptors (Lipinski definition) is 1. The number of benzene rings is 11. The maximum absolute atomic E-state index is 2.47. The Labute approximate surface area is 403 Å². The van der Waals surface area contributed by atoms with Gasteiger partial charge in [0, 0.05) is 33.5 Å². The molecule has 0 aliphatic heterocycles. The number of aromatic nitrogens is 1. The molecular weight excluding hydrogens is 833 g/mol. The van der Waals surface area contributed by atoms with Crippen LogP contribution in [0.1, 0.15) is 22.3 Å². The summed E-state index contributed by atoms with van der Waals surface area (Å²) in [5.74, 6) is 0. The Hall–Kier alpha value is -8.98. The highest BCUT2D eigenvalue weighted by atomic mass is 15.1. The third kappa shape index (κ3) is 6.72. The minimum atomic E-state index is -0.483. The average Bonchev–Trinajstić information content (AvgIpc) is 3.92. The first-order valence-electron chi connectivity index (χ1n) is 23.8. The normalized spacial score (nSPS) is 12.5. The average molecular weight is 879 g/mol. The molecule has 1 aliphatic rings. The number of anilines is 3. The summed E-state index contributed by atoms with van der Waals surface area (Å²) in [4.78, 5) is 2.37. The van der Waals surface area contributed by atoms with Gasteiger partial charge in [0.25, 0.3) is 0 Å². The second kappa shape index (κ2) is 16.7. The van der Waals surface area contributed by atoms with Crippen molar-refractivity contribution < 1.29 is 0 Å². The van der Waals surface area contributed by atoms with Gasteiger partial charge in [0.15, 0.2) is 0 Å². The summed E-state index contributed by atoms with van der Waals surface area (Å²) in [5, 5.41) is 2.45. The largest absolute Gasteiger partial charge is 0.310 e. The van der Waals surface area contributed by atoms with Crippen molar-refractivity contribution in [1.82, 2.24) is 4.57 Å². The van der Waals surface area contributed by atoms with E-state index in [1.54, 1.807) is 0 Å². The van der Waals surface area contributed by atoms with Crippen molar-refractivity contribution in [3.63, 3.8) is 0 Å². The van der Waals surface area contributed by atoms with E-state index in [2.05, 4.69) is 289 Å². The van der Waals surface area contributed by atoms with E-state index in [4.69, 9.17) is 0 Å². The van der Waals surface area contributed by atoms with Gasteiger partial charge in [0.2, 0.25) is 0 Å². The van der Waals surface area contributed by atoms with Crippen molar-refractivity contribution in [3.05, 3.63) is 301 Å². The quantitative estimate of drug-likeness (QED) is 0.140. The van der Waals surface area contributed by atoms with Gasteiger partial charge in [-0.1, -0.05) is 212 Å². The summed E-state index contributed by atoms with van der Waals surface area (Å²) >= 11 is 0. The van der Waals surface area contributed by atoms with Crippen LogP contribution in [0.3, 0.4) is 0 Å². The molecule has 1 aliphatic carbocycles. The Morgan fingerprint density at radius 3 is 1.39 bits per heavy atom. The Morgan fingerprint density at radius 2 is 0.754 bits per heavy atom. The van der Waals surface area contributed by atoms with Gasteiger partial charge in [-0.3, -0.25) is 0 Å². The van der Waals surface area contributed by atoms with Crippen molar-refractivity contribution in [1.29, 1.82) is 0 Å². The van der Waals surface area contributed by atoms with Crippen LogP contribution >= 0.6 is 0 Å². The summed E-state index contributed by atoms with van der Waals surface area (Å²) in [6.07, 6.45) is 0. The molecule has 2 heteroatoms. The van der Waals surface area contributed by atoms with E-state index in [1.165, 1.54) is 83.0 Å². The van der Waals surface area contributed by atoms with Crippen molar-refractivity contribution in [2.24, 2.45) is 0 Å². The molecule has 0 bridgehead atoms. The topological polar surface area (TPSA) is 8.17 Å². The van der Waals surface area contributed by atoms with E-state index in [0.717, 1.165) is 28.3 Å². The number of hydrogen-bond donors (Lipinski definition) is 0. The van der Waals surface area contributed by atoms with Gasteiger partial charge < -0.3 is 9.47 Å². The Kier molecular flexibility index (Phi) is 9.77. The van der Waals surface area contributed by atoms with Gasteiger partial charge in [-0.15, -0.1) is 0 Å². The van der Waals surface area contributed by atoms with Crippen molar-refractivity contribution in [3.8, 4) is 50.2 Å². The van der Waals surface area contributed by atoms with Crippen LogP contribution in [-0.4, -0.2) is 4.57 Å². The van der Waals surface area contributed by atoms with E-state index < -0.39 is 5.41 Å². The predicted molar refractivity (Wildman–Crippen MR) is 289 cm³/mol. The molecule has 12 aromatic rings. The fourth-order valence-corrected chi connectivity index (χ4v) is 11.1. The molecule has 11 aromatic carbocycles. The Morgan fingerprint density at radius 1 is 0.275 bits per heavy atom. The molecular formula is C67H46N2. The third-order valence-electron chi connectivity index (χ3n) is 14.3. The standard InChI is InChI=1S/C67H46N2/c1-5-18-47(19-6-1)49-32-37-55(38-33-49)68(56-39-34-50(35-40-56)48-20-7-2-8-21-48)57-27-17-22-51(44-57)52-36-43-66-62(45-52)61-29-14-16-31-65(61)69(66)58-41-42-60-59-28-13-15-30-63(59)67(64(60)46-58,53-23-9-3-10-24-53)54-25-11-4-12-26-54/h1-46H. The first kappa shape index (κ1) is 40.3. The number of para-hydroxylation sites is 1. The van der Waals surface area contributed by atoms with E-state index in [9.17, 15) is 0 Å². The molecule has 0 amide bonds. The highest BCUT2D eigenvalue weighted by Crippen LogP contribution is 2.56. The third-order valence-corrected chi connectivity index (χ3v) is 14.3. The SMILES string of the molecule is c1ccc(-c2ccc(N(c3ccc(-c4ccccc4)cc3)c3cccc(-c4ccc5c(c4)c4ccccc4n5-c4ccc5c(c4)C(c4ccccc4)(c4ccccc4)c4ccccc4-5)c3)cc2)cc1. The number of fused-ring (bicyclic) bond motifs is 6. The Bertz CT molecular complexity index is 3680. The smallest absolute Gasteiger partial charge is 0.0714 e. The van der Waals surface area contributed by atoms with Crippen LogP contribution in [0.5, 0.6) is 0 Å². The molecule has 69 heavy (non-hydrogen) atoms. The molecule has 0 spiro atoms. The molecule has 0 saturated heterocycles. The maximum atomic E-state index is 2.47. The lowest BCUT2D eigenvalue weighted by Crippen LogP contribution is -2.28. The molecule has 0 N–H and O–H groups in total. The van der Waals surface area contributed by atoms with Gasteiger partial charge in [0.05, 0.1) is 16.4 Å². The van der Waals surface area contributed by atoms with E-state index >= 15 is 0 Å². The van der Waals surface area contributed by atoms with E-state index in [-0.39, 0.29) is 0 Å². The lowest BCUT2D eigenvalue weighted by atomic mass is 9.67. The first-order chi connectivity index (χ1) is 34.2. The van der Waals surface area contributed by atoms with Crippen LogP contribution in [0.4, 0.5) is 17.1 Å². The second-order valence-electron chi connectivity index (χ2n) is 18.1. The van der Waals surface area contributed by atoms with Gasteiger partial charge in [-0.05, 0) is 133 Å². The van der Waals surface area contributed by atoms with Crippen molar-refractivity contribution in [2.45, 2.75) is 5.41 Å². The fraction of sp³-hybridized carbons (Fsp3) is 0.0149. The lowest BCUT2D eigenvalue weighted by molar-refractivity contribution is 0.767. The molecule has 1 aromatic heterocycles. The highest BCUT2D eigenvalue weighted by molar-refractivity contribution is 6.10. The van der Waals surface area contributed by atoms with Crippen LogP contribution < -0.4 is 4.90 Å². The summed E-state index contributed by atoms with van der Waals surface area (Å²) < 4.78 is 2.47. The highest BCUT2D eigenvalue weighted by Gasteiger charge is 2.46. The van der Waals surface area contributed by atoms with Crippen LogP contribution in [0.15, 0.2) is 279 Å². The molecule has 0 atom stereocenters. The van der Waals surface area contributed by atoms with Crippen molar-refractivity contribution >= 4 is 38.9 Å². The molecule has 0 saturated carbocycles. The molecule has 1 heterocycles. The molecule has 0 radical (unpaired) electrons. The molecule has 324 valence electrons. The van der Waals surface area contributed by atoms with Gasteiger partial charge in [-0.2, -0.15) is 0 Å². The molecule has 13 rings (SSSR count). The molecule has 0 fully saturated rings. The summed E-state index contributed by atoms with van der Waals surface area (Å²) in [6.45, 7) is 0. The summed E-state index contributed by atoms with van der Waals surface area (Å²) in [5.41, 5.74) is 21.1. The first-order valence-corrected chi connectivity index (χ1v) is 23.8. The minimum Gasteiger partial charge on any atom is -0.310 e. The van der Waals surface area contributed by atoms with Crippen molar-refractivity contribution in [2.75, 3.05) is 4.90 Å². The fourth-order valence-electron chi connectivity index (χ4n) is 11.1. The van der Waals surface area contributed by atoms with E-state index in [0.29, 0.717) is 0 Å². The van der Waals surface area contributed by atoms with Gasteiger partial charge in [0.1, 0.15) is 0 Å². The predicted octanol–water partition coefficient (Wildman–Crippen LogP) is 17.6. The van der Waals surface area contributed by atoms with Crippen LogP contribution in [0.2, 0.25) is 0 Å². The van der Waals surface area contributed by atoms with E-state index in [1.807, 2.05) is 0 Å².